The Kier molecular flexibility index (Phi) is 8.47. The lowest BCUT2D eigenvalue weighted by Gasteiger charge is -2.46. The fourth-order valence-electron chi connectivity index (χ4n) is 5.86. The number of allylic oxidation sites excluding steroid dienone is 2. The Morgan fingerprint density at radius 1 is 1.14 bits per heavy atom. The minimum atomic E-state index is -1.44. The van der Waals surface area contributed by atoms with E-state index in [1.807, 2.05) is 54.6 Å². The van der Waals surface area contributed by atoms with E-state index in [1.54, 1.807) is 20.1 Å². The van der Waals surface area contributed by atoms with Crippen LogP contribution < -0.4 is 21.3 Å². The molecule has 0 saturated carbocycles. The van der Waals surface area contributed by atoms with E-state index in [4.69, 9.17) is 21.3 Å². The first-order chi connectivity index (χ1) is 20.5. The largest absolute Gasteiger partial charge is 0.481 e. The molecule has 2 aliphatic rings. The Morgan fingerprint density at radius 3 is 2.51 bits per heavy atom. The Bertz CT molecular complexity index is 1700. The van der Waals surface area contributed by atoms with Crippen molar-refractivity contribution in [1.29, 1.82) is 0 Å². The Morgan fingerprint density at radius 2 is 1.84 bits per heavy atom. The summed E-state index contributed by atoms with van der Waals surface area (Å²) in [5.74, 6) is -0.328. The number of aliphatic hydroxyl groups excluding tert-OH is 1. The Labute approximate surface area is 254 Å². The van der Waals surface area contributed by atoms with Crippen molar-refractivity contribution in [3.8, 4) is 5.88 Å². The molecule has 3 heterocycles. The van der Waals surface area contributed by atoms with Gasteiger partial charge in [0.1, 0.15) is 11.1 Å². The van der Waals surface area contributed by atoms with Crippen molar-refractivity contribution in [3.63, 3.8) is 0 Å². The maximum Gasteiger partial charge on any atom is 0.330 e. The van der Waals surface area contributed by atoms with Crippen molar-refractivity contribution in [2.24, 2.45) is 14.1 Å². The minimum absolute atomic E-state index is 0.212. The first-order valence-corrected chi connectivity index (χ1v) is 14.5. The summed E-state index contributed by atoms with van der Waals surface area (Å²) in [6.45, 7) is 3.90. The van der Waals surface area contributed by atoms with Gasteiger partial charge in [-0.3, -0.25) is 19.1 Å². The van der Waals surface area contributed by atoms with Crippen molar-refractivity contribution >= 4 is 23.1 Å². The summed E-state index contributed by atoms with van der Waals surface area (Å²) in [7, 11) is 4.35. The number of nitrogens with zero attached hydrogens (tertiary/aromatic N) is 4. The summed E-state index contributed by atoms with van der Waals surface area (Å²) in [5.41, 5.74) is -0.0603. The van der Waals surface area contributed by atoms with Crippen LogP contribution in [0.5, 0.6) is 5.88 Å². The summed E-state index contributed by atoms with van der Waals surface area (Å²) in [4.78, 5) is 45.1. The van der Waals surface area contributed by atoms with Gasteiger partial charge in [0.2, 0.25) is 5.88 Å². The molecule has 43 heavy (non-hydrogen) atoms. The maximum absolute atomic E-state index is 13.9. The highest BCUT2D eigenvalue weighted by molar-refractivity contribution is 6.32. The van der Waals surface area contributed by atoms with Crippen LogP contribution in [-0.2, 0) is 26.2 Å². The number of carbonyl (C=O) groups excluding carboxylic acids is 1. The molecule has 1 saturated heterocycles. The third-order valence-electron chi connectivity index (χ3n) is 8.43. The van der Waals surface area contributed by atoms with E-state index in [9.17, 15) is 19.5 Å². The number of aliphatic hydroxyl groups is 1. The zero-order valence-electron chi connectivity index (χ0n) is 24.7. The van der Waals surface area contributed by atoms with Gasteiger partial charge in [-0.05, 0) is 37.0 Å². The highest BCUT2D eigenvalue weighted by atomic mass is 35.5. The summed E-state index contributed by atoms with van der Waals surface area (Å²) < 4.78 is 7.82. The van der Waals surface area contributed by atoms with E-state index in [0.717, 1.165) is 34.4 Å². The first kappa shape index (κ1) is 30.5. The summed E-state index contributed by atoms with van der Waals surface area (Å²) >= 11 is 7.51. The second-order valence-corrected chi connectivity index (χ2v) is 12.0. The van der Waals surface area contributed by atoms with Crippen LogP contribution in [0.2, 0.25) is 0 Å². The zero-order valence-corrected chi connectivity index (χ0v) is 25.5. The quantitative estimate of drug-likeness (QED) is 0.398. The van der Waals surface area contributed by atoms with Crippen LogP contribution >= 0.6 is 11.6 Å². The number of hydrogen-bond donors (Lipinski definition) is 2. The molecule has 1 aromatic carbocycles. The number of carbonyl (C=O) groups is 1. The second-order valence-electron chi connectivity index (χ2n) is 11.2. The van der Waals surface area contributed by atoms with E-state index in [1.165, 1.54) is 24.9 Å². The van der Waals surface area contributed by atoms with Crippen LogP contribution in [0.3, 0.4) is 0 Å². The third-order valence-corrected chi connectivity index (χ3v) is 8.93. The van der Waals surface area contributed by atoms with Gasteiger partial charge in [0.05, 0.1) is 23.8 Å². The van der Waals surface area contributed by atoms with Crippen LogP contribution in [-0.4, -0.2) is 61.2 Å². The van der Waals surface area contributed by atoms with Crippen molar-refractivity contribution in [2.75, 3.05) is 20.2 Å². The van der Waals surface area contributed by atoms with Crippen molar-refractivity contribution in [1.82, 2.24) is 24.3 Å². The van der Waals surface area contributed by atoms with Gasteiger partial charge >= 0.3 is 5.69 Å². The number of aromatic nitrogens is 3. The first-order valence-electron chi connectivity index (χ1n) is 14.2. The van der Waals surface area contributed by atoms with Gasteiger partial charge < -0.3 is 19.7 Å². The average Bonchev–Trinajstić information content (AvgIpc) is 3.00. The molecular weight excluding hydrogens is 570 g/mol. The van der Waals surface area contributed by atoms with Crippen molar-refractivity contribution in [3.05, 3.63) is 110 Å². The van der Waals surface area contributed by atoms with Gasteiger partial charge in [-0.15, -0.1) is 11.6 Å². The minimum Gasteiger partial charge on any atom is -0.481 e. The number of halogens is 1. The van der Waals surface area contributed by atoms with E-state index >= 15 is 0 Å². The number of rotatable bonds is 7. The molecule has 1 fully saturated rings. The molecule has 3 aromatic rings. The number of hydrogen-bond acceptors (Lipinski definition) is 7. The molecule has 0 radical (unpaired) electrons. The predicted octanol–water partition coefficient (Wildman–Crippen LogP) is 2.72. The monoisotopic (exact) mass is 605 g/mol. The van der Waals surface area contributed by atoms with Gasteiger partial charge in [0, 0.05) is 45.5 Å². The number of likely N-dealkylation sites (tertiary alicyclic amines) is 1. The van der Waals surface area contributed by atoms with Gasteiger partial charge in [0.15, 0.2) is 0 Å². The molecule has 226 valence electrons. The molecule has 2 unspecified atom stereocenters. The zero-order chi connectivity index (χ0) is 30.9. The number of amides is 1. The molecule has 1 aliphatic heterocycles. The molecule has 0 bridgehead atoms. The van der Waals surface area contributed by atoms with E-state index in [-0.39, 0.29) is 11.7 Å². The van der Waals surface area contributed by atoms with Crippen LogP contribution in [0.15, 0.2) is 76.5 Å². The Balaban J connectivity index is 1.62. The lowest BCUT2D eigenvalue weighted by molar-refractivity contribution is 0.0787. The van der Waals surface area contributed by atoms with Crippen molar-refractivity contribution < 1.29 is 14.6 Å². The van der Waals surface area contributed by atoms with E-state index in [0.29, 0.717) is 31.0 Å². The van der Waals surface area contributed by atoms with Crippen LogP contribution in [0.4, 0.5) is 0 Å². The number of ether oxygens (including phenoxy) is 1. The molecule has 11 heteroatoms. The average molecular weight is 606 g/mol. The SMILES string of the molecule is COc1nc(C2(NC(=O)c3cn(C)c(=O)n(C)c3=O)C=CC=C(c3ccccc3)C2(C)Cl)ccc1CN1CCC(O)CC1. The summed E-state index contributed by atoms with van der Waals surface area (Å²) in [6.07, 6.45) is 7.84. The number of piperidine rings is 1. The predicted molar refractivity (Wildman–Crippen MR) is 165 cm³/mol. The van der Waals surface area contributed by atoms with Crippen LogP contribution in [0.1, 0.15) is 46.9 Å². The van der Waals surface area contributed by atoms with E-state index < -0.39 is 27.6 Å². The normalized spacial score (nSPS) is 22.7. The number of methoxy groups -OCH3 is 1. The molecule has 0 spiro atoms. The standard InChI is InChI=1S/C32H36ClN5O5/c1-31(33)25(21-9-6-5-7-10-21)11-8-16-32(31,35-27(40)24-20-36(2)30(42)37(3)29(24)41)26-13-12-22(28(34-26)43-4)19-38-17-14-23(39)15-18-38/h5-13,16,20,23,39H,14-15,17-19H2,1-4H3,(H,35,40). The maximum atomic E-state index is 13.9. The number of nitrogens with one attached hydrogen (secondary N) is 1. The van der Waals surface area contributed by atoms with Crippen molar-refractivity contribution in [2.45, 2.75) is 42.8 Å². The van der Waals surface area contributed by atoms with E-state index in [2.05, 4.69) is 10.2 Å². The van der Waals surface area contributed by atoms with Gasteiger partial charge in [0.25, 0.3) is 11.5 Å². The number of pyridine rings is 1. The van der Waals surface area contributed by atoms with Gasteiger partial charge in [-0.1, -0.05) is 54.6 Å². The fraction of sp³-hybridized carbons (Fsp3) is 0.375. The number of benzene rings is 1. The molecule has 2 atom stereocenters. The Hall–Kier alpha value is -3.99. The van der Waals surface area contributed by atoms with Gasteiger partial charge in [-0.25, -0.2) is 9.78 Å². The summed E-state index contributed by atoms with van der Waals surface area (Å²) in [5, 5.41) is 13.0. The molecule has 1 amide bonds. The summed E-state index contributed by atoms with van der Waals surface area (Å²) in [6, 6.07) is 13.3. The lowest BCUT2D eigenvalue weighted by Crippen LogP contribution is -2.59. The second kappa shape index (κ2) is 11.9. The molecule has 10 nitrogen and oxygen atoms in total. The third kappa shape index (κ3) is 5.58. The molecule has 2 aromatic heterocycles. The highest BCUT2D eigenvalue weighted by Gasteiger charge is 2.53. The fourth-order valence-corrected chi connectivity index (χ4v) is 6.24. The molecule has 5 rings (SSSR count). The molecule has 2 N–H and O–H groups in total. The molecule has 1 aliphatic carbocycles. The van der Waals surface area contributed by atoms with Gasteiger partial charge in [-0.2, -0.15) is 0 Å². The van der Waals surface area contributed by atoms with Crippen LogP contribution in [0.25, 0.3) is 5.57 Å². The lowest BCUT2D eigenvalue weighted by atomic mass is 9.71. The highest BCUT2D eigenvalue weighted by Crippen LogP contribution is 2.50. The number of alkyl halides is 1. The van der Waals surface area contributed by atoms with Crippen LogP contribution in [0, 0.1) is 0 Å². The molecular formula is C32H36ClN5O5. The topological polar surface area (TPSA) is 119 Å². The number of aryl methyl sites for hydroxylation is 1. The smallest absolute Gasteiger partial charge is 0.330 e.